The fourth-order valence-corrected chi connectivity index (χ4v) is 9.25. The third kappa shape index (κ3) is 2.78. The fourth-order valence-electron chi connectivity index (χ4n) is 6.79. The summed E-state index contributed by atoms with van der Waals surface area (Å²) in [6.45, 7) is 3.57. The average Bonchev–Trinajstić information content (AvgIpc) is 3.14. The summed E-state index contributed by atoms with van der Waals surface area (Å²) in [6, 6.07) is 27.6. The number of rotatable bonds is 5. The first-order valence-electron chi connectivity index (χ1n) is 11.2. The number of fused-ring (bicyclic) bond motifs is 2. The van der Waals surface area contributed by atoms with Crippen LogP contribution in [-0.2, 0) is 19.4 Å². The van der Waals surface area contributed by atoms with E-state index >= 15 is 0 Å². The van der Waals surface area contributed by atoms with Crippen molar-refractivity contribution in [1.29, 1.82) is 0 Å². The first-order chi connectivity index (χ1) is 15.8. The summed E-state index contributed by atoms with van der Waals surface area (Å²) >= 11 is 0. The molecular weight excluding hydrogens is 432 g/mol. The quantitative estimate of drug-likeness (QED) is 0.514. The summed E-state index contributed by atoms with van der Waals surface area (Å²) in [5, 5.41) is -1.13. The highest BCUT2D eigenvalue weighted by Crippen LogP contribution is 2.74. The van der Waals surface area contributed by atoms with E-state index in [0.29, 0.717) is 6.29 Å². The molecule has 3 aromatic rings. The lowest BCUT2D eigenvalue weighted by Gasteiger charge is -2.46. The molecule has 0 radical (unpaired) electrons. The summed E-state index contributed by atoms with van der Waals surface area (Å²) in [4.78, 5) is 26.9. The second-order valence-corrected chi connectivity index (χ2v) is 11.7. The van der Waals surface area contributed by atoms with E-state index < -0.39 is 31.8 Å². The molecule has 4 nitrogen and oxygen atoms in total. The smallest absolute Gasteiger partial charge is 0.182 e. The van der Waals surface area contributed by atoms with Crippen molar-refractivity contribution >= 4 is 21.9 Å². The number of hydrogen-bond acceptors (Lipinski definition) is 4. The minimum Gasteiger partial charge on any atom is -0.303 e. The Labute approximate surface area is 194 Å². The molecule has 2 fully saturated rings. The van der Waals surface area contributed by atoms with Crippen LogP contribution in [0.1, 0.15) is 36.8 Å². The molecular formula is C28H26O4S. The fraction of sp³-hybridized carbons (Fsp3) is 0.286. The lowest BCUT2D eigenvalue weighted by molar-refractivity contribution is -0.130. The van der Waals surface area contributed by atoms with Crippen molar-refractivity contribution in [2.75, 3.05) is 0 Å². The van der Waals surface area contributed by atoms with Gasteiger partial charge in [0.15, 0.2) is 9.84 Å². The summed E-state index contributed by atoms with van der Waals surface area (Å²) in [7, 11) is -3.96. The molecule has 2 aliphatic carbocycles. The van der Waals surface area contributed by atoms with Crippen LogP contribution in [0, 0.1) is 16.7 Å². The molecule has 168 valence electrons. The highest BCUT2D eigenvalue weighted by molar-refractivity contribution is 7.92. The molecule has 2 bridgehead atoms. The lowest BCUT2D eigenvalue weighted by Crippen LogP contribution is -2.50. The second kappa shape index (κ2) is 7.49. The van der Waals surface area contributed by atoms with Gasteiger partial charge in [0.2, 0.25) is 0 Å². The third-order valence-electron chi connectivity index (χ3n) is 8.08. The number of Topliss-reactive ketones (excluding diaryl/α,β-unsaturated/α-hetero) is 1. The Kier molecular flexibility index (Phi) is 4.94. The SMILES string of the molecule is CC12C(=O)C(C)(C(c3ccccc3)C1c1ccccc1)C(S(=O)(=O)c1ccccc1)C2C=O. The summed E-state index contributed by atoms with van der Waals surface area (Å²) in [6.07, 6.45) is 0.714. The number of sulfone groups is 1. The van der Waals surface area contributed by atoms with Gasteiger partial charge in [0.1, 0.15) is 12.1 Å². The van der Waals surface area contributed by atoms with E-state index in [0.717, 1.165) is 11.1 Å². The largest absolute Gasteiger partial charge is 0.303 e. The van der Waals surface area contributed by atoms with Gasteiger partial charge in [-0.25, -0.2) is 8.42 Å². The maximum Gasteiger partial charge on any atom is 0.182 e. The predicted octanol–water partition coefficient (Wildman–Crippen LogP) is 4.82. The van der Waals surface area contributed by atoms with Gasteiger partial charge >= 0.3 is 0 Å². The van der Waals surface area contributed by atoms with Crippen LogP contribution in [0.2, 0.25) is 0 Å². The van der Waals surface area contributed by atoms with Crippen molar-refractivity contribution < 1.29 is 18.0 Å². The minimum atomic E-state index is -3.96. The van der Waals surface area contributed by atoms with E-state index in [2.05, 4.69) is 0 Å². The van der Waals surface area contributed by atoms with Gasteiger partial charge in [0.25, 0.3) is 0 Å². The zero-order valence-electron chi connectivity index (χ0n) is 18.6. The molecule has 0 saturated heterocycles. The number of hydrogen-bond donors (Lipinski definition) is 0. The van der Waals surface area contributed by atoms with Gasteiger partial charge in [-0.05, 0) is 23.3 Å². The van der Waals surface area contributed by atoms with Crippen molar-refractivity contribution in [3.8, 4) is 0 Å². The van der Waals surface area contributed by atoms with E-state index in [4.69, 9.17) is 0 Å². The van der Waals surface area contributed by atoms with Gasteiger partial charge in [0.05, 0.1) is 15.6 Å². The molecule has 6 atom stereocenters. The van der Waals surface area contributed by atoms with Gasteiger partial charge in [-0.15, -0.1) is 0 Å². The Bertz CT molecular complexity index is 1300. The van der Waals surface area contributed by atoms with Gasteiger partial charge < -0.3 is 4.79 Å². The van der Waals surface area contributed by atoms with E-state index in [1.807, 2.05) is 60.7 Å². The standard InChI is InChI=1S/C28H26O4S/c1-27-22(18-29)25(33(31,32)21-16-10-5-11-17-21)28(2,26(27)30)24(20-14-8-4-9-15-20)23(27)19-12-6-3-7-13-19/h3-18,22-25H,1-2H3. The number of carbonyl (C=O) groups is 2. The molecule has 0 heterocycles. The highest BCUT2D eigenvalue weighted by atomic mass is 32.2. The Morgan fingerprint density at radius 2 is 1.12 bits per heavy atom. The van der Waals surface area contributed by atoms with Crippen LogP contribution in [-0.4, -0.2) is 25.7 Å². The first kappa shape index (κ1) is 21.8. The number of ketones is 1. The zero-order chi connectivity index (χ0) is 23.4. The number of benzene rings is 3. The van der Waals surface area contributed by atoms with Crippen molar-refractivity contribution in [2.45, 2.75) is 35.8 Å². The molecule has 0 aliphatic heterocycles. The van der Waals surface area contributed by atoms with Crippen LogP contribution in [0.3, 0.4) is 0 Å². The van der Waals surface area contributed by atoms with Crippen LogP contribution in [0.15, 0.2) is 95.9 Å². The van der Waals surface area contributed by atoms with E-state index in [1.54, 1.807) is 44.2 Å². The van der Waals surface area contributed by atoms with E-state index in [-0.39, 0.29) is 22.5 Å². The molecule has 33 heavy (non-hydrogen) atoms. The Morgan fingerprint density at radius 3 is 1.58 bits per heavy atom. The van der Waals surface area contributed by atoms with Crippen molar-refractivity contribution in [1.82, 2.24) is 0 Å². The maximum absolute atomic E-state index is 14.2. The third-order valence-corrected chi connectivity index (χ3v) is 10.5. The second-order valence-electron chi connectivity index (χ2n) is 9.61. The summed E-state index contributed by atoms with van der Waals surface area (Å²) in [5.74, 6) is -1.76. The highest BCUT2D eigenvalue weighted by Gasteiger charge is 2.79. The number of aldehydes is 1. The summed E-state index contributed by atoms with van der Waals surface area (Å²) < 4.78 is 28.0. The molecule has 0 spiro atoms. The molecule has 0 amide bonds. The molecule has 5 heteroatoms. The van der Waals surface area contributed by atoms with Gasteiger partial charge in [0, 0.05) is 23.2 Å². The monoisotopic (exact) mass is 458 g/mol. The van der Waals surface area contributed by atoms with Gasteiger partial charge in [-0.2, -0.15) is 0 Å². The Morgan fingerprint density at radius 1 is 0.697 bits per heavy atom. The van der Waals surface area contributed by atoms with E-state index in [1.165, 1.54) is 0 Å². The predicted molar refractivity (Wildman–Crippen MR) is 127 cm³/mol. The zero-order valence-corrected chi connectivity index (χ0v) is 19.4. The normalized spacial score (nSPS) is 33.2. The molecule has 2 aliphatic rings. The average molecular weight is 459 g/mol. The van der Waals surface area contributed by atoms with Gasteiger partial charge in [-0.3, -0.25) is 4.79 Å². The van der Waals surface area contributed by atoms with Crippen LogP contribution < -0.4 is 0 Å². The van der Waals surface area contributed by atoms with Crippen LogP contribution in [0.5, 0.6) is 0 Å². The summed E-state index contributed by atoms with van der Waals surface area (Å²) in [5.41, 5.74) is -0.515. The number of carbonyl (C=O) groups excluding carboxylic acids is 2. The van der Waals surface area contributed by atoms with E-state index in [9.17, 15) is 18.0 Å². The van der Waals surface area contributed by atoms with Crippen LogP contribution in [0.25, 0.3) is 0 Å². The Balaban J connectivity index is 1.80. The molecule has 5 rings (SSSR count). The Hall–Kier alpha value is -3.05. The topological polar surface area (TPSA) is 68.3 Å². The molecule has 6 unspecified atom stereocenters. The molecule has 0 N–H and O–H groups in total. The maximum atomic E-state index is 14.2. The van der Waals surface area contributed by atoms with Gasteiger partial charge in [-0.1, -0.05) is 92.7 Å². The van der Waals surface area contributed by atoms with Crippen molar-refractivity contribution in [3.05, 3.63) is 102 Å². The molecule has 2 saturated carbocycles. The molecule has 3 aromatic carbocycles. The van der Waals surface area contributed by atoms with Crippen LogP contribution >= 0.6 is 0 Å². The van der Waals surface area contributed by atoms with Crippen molar-refractivity contribution in [3.63, 3.8) is 0 Å². The molecule has 0 aromatic heterocycles. The van der Waals surface area contributed by atoms with Crippen LogP contribution in [0.4, 0.5) is 0 Å². The first-order valence-corrected chi connectivity index (χ1v) is 12.7. The van der Waals surface area contributed by atoms with Crippen molar-refractivity contribution in [2.24, 2.45) is 16.7 Å². The lowest BCUT2D eigenvalue weighted by atomic mass is 9.59. The minimum absolute atomic E-state index is 0.140.